The molecule has 0 aromatic carbocycles. The highest BCUT2D eigenvalue weighted by molar-refractivity contribution is 5.79. The molecule has 1 heterocycles. The smallest absolute Gasteiger partial charge is 0.191 e. The van der Waals surface area contributed by atoms with Crippen LogP contribution in [0.1, 0.15) is 27.2 Å². The summed E-state index contributed by atoms with van der Waals surface area (Å²) in [5.41, 5.74) is -0.830. The molecule has 1 rings (SSSR count). The third-order valence-corrected chi connectivity index (χ3v) is 3.43. The topological polar surface area (TPSA) is 69.1 Å². The quantitative estimate of drug-likeness (QED) is 0.265. The van der Waals surface area contributed by atoms with Gasteiger partial charge in [-0.25, -0.2) is 0 Å². The van der Waals surface area contributed by atoms with E-state index in [1.54, 1.807) is 0 Å². The minimum Gasteiger partial charge on any atom is -0.387 e. The van der Waals surface area contributed by atoms with Crippen molar-refractivity contribution >= 4 is 5.96 Å². The van der Waals surface area contributed by atoms with Crippen LogP contribution in [0.3, 0.4) is 0 Å². The second-order valence-electron chi connectivity index (χ2n) is 5.87. The minimum atomic E-state index is -0.830. The highest BCUT2D eigenvalue weighted by Crippen LogP contribution is 2.09. The average Bonchev–Trinajstić information content (AvgIpc) is 2.49. The summed E-state index contributed by atoms with van der Waals surface area (Å²) in [4.78, 5) is 6.74. The first-order valence-electron chi connectivity index (χ1n) is 8.23. The van der Waals surface area contributed by atoms with E-state index in [9.17, 15) is 5.11 Å². The minimum absolute atomic E-state index is 0.378. The SMILES string of the molecule is C/C=C/CCNC(=NCC(C)(O)CN1CCOCC1)NCC. The van der Waals surface area contributed by atoms with Crippen molar-refractivity contribution in [3.63, 3.8) is 0 Å². The molecule has 6 nitrogen and oxygen atoms in total. The van der Waals surface area contributed by atoms with Gasteiger partial charge in [0, 0.05) is 32.7 Å². The zero-order valence-corrected chi connectivity index (χ0v) is 14.3. The Morgan fingerprint density at radius 1 is 1.36 bits per heavy atom. The molecule has 0 aromatic rings. The standard InChI is InChI=1S/C16H32N4O2/c1-4-6-7-8-18-15(17-5-2)19-13-16(3,21)14-20-9-11-22-12-10-20/h4,6,21H,5,7-14H2,1-3H3,(H2,17,18,19)/b6-4+. The van der Waals surface area contributed by atoms with E-state index < -0.39 is 5.60 Å². The number of aliphatic hydroxyl groups is 1. The number of rotatable bonds is 8. The number of hydrogen-bond acceptors (Lipinski definition) is 4. The van der Waals surface area contributed by atoms with Gasteiger partial charge in [-0.2, -0.15) is 0 Å². The van der Waals surface area contributed by atoms with Gasteiger partial charge in [-0.1, -0.05) is 12.2 Å². The maximum Gasteiger partial charge on any atom is 0.191 e. The molecule has 0 spiro atoms. The Balaban J connectivity index is 2.43. The summed E-state index contributed by atoms with van der Waals surface area (Å²) in [7, 11) is 0. The fraction of sp³-hybridized carbons (Fsp3) is 0.812. The molecule has 1 fully saturated rings. The molecule has 1 saturated heterocycles. The van der Waals surface area contributed by atoms with E-state index in [-0.39, 0.29) is 0 Å². The molecule has 0 radical (unpaired) electrons. The number of guanidine groups is 1. The Kier molecular flexibility index (Phi) is 9.11. The molecule has 0 amide bonds. The van der Waals surface area contributed by atoms with Crippen LogP contribution >= 0.6 is 0 Å². The van der Waals surface area contributed by atoms with Crippen molar-refractivity contribution in [2.24, 2.45) is 4.99 Å². The fourth-order valence-electron chi connectivity index (χ4n) is 2.32. The normalized spacial score (nSPS) is 20.1. The molecular formula is C16H32N4O2. The summed E-state index contributed by atoms with van der Waals surface area (Å²) in [6, 6.07) is 0. The summed E-state index contributed by atoms with van der Waals surface area (Å²) in [5.74, 6) is 0.759. The molecule has 1 aliphatic rings. The van der Waals surface area contributed by atoms with Crippen LogP contribution in [0.5, 0.6) is 0 Å². The van der Waals surface area contributed by atoms with E-state index in [1.165, 1.54) is 0 Å². The number of morpholine rings is 1. The van der Waals surface area contributed by atoms with Crippen LogP contribution in [0.4, 0.5) is 0 Å². The number of nitrogens with zero attached hydrogens (tertiary/aromatic N) is 2. The van der Waals surface area contributed by atoms with Crippen molar-refractivity contribution in [2.45, 2.75) is 32.8 Å². The van der Waals surface area contributed by atoms with E-state index in [0.29, 0.717) is 13.1 Å². The zero-order valence-electron chi connectivity index (χ0n) is 14.3. The molecule has 1 atom stereocenters. The molecule has 1 unspecified atom stereocenters. The van der Waals surface area contributed by atoms with Crippen molar-refractivity contribution in [1.29, 1.82) is 0 Å². The van der Waals surface area contributed by atoms with Gasteiger partial charge in [0.2, 0.25) is 0 Å². The maximum absolute atomic E-state index is 10.5. The average molecular weight is 312 g/mol. The van der Waals surface area contributed by atoms with Gasteiger partial charge in [-0.3, -0.25) is 9.89 Å². The van der Waals surface area contributed by atoms with E-state index >= 15 is 0 Å². The molecule has 0 bridgehead atoms. The van der Waals surface area contributed by atoms with Crippen LogP contribution in [0.25, 0.3) is 0 Å². The lowest BCUT2D eigenvalue weighted by Gasteiger charge is -2.33. The molecule has 0 aromatic heterocycles. The summed E-state index contributed by atoms with van der Waals surface area (Å²) in [6.45, 7) is 11.8. The van der Waals surface area contributed by atoms with Gasteiger partial charge in [0.25, 0.3) is 0 Å². The van der Waals surface area contributed by atoms with Crippen LogP contribution < -0.4 is 10.6 Å². The number of nitrogens with one attached hydrogen (secondary N) is 2. The highest BCUT2D eigenvalue weighted by atomic mass is 16.5. The van der Waals surface area contributed by atoms with Crippen molar-refractivity contribution in [3.05, 3.63) is 12.2 Å². The zero-order chi connectivity index (χ0) is 16.3. The monoisotopic (exact) mass is 312 g/mol. The predicted molar refractivity (Wildman–Crippen MR) is 91.3 cm³/mol. The van der Waals surface area contributed by atoms with Gasteiger partial charge in [0.1, 0.15) is 0 Å². The predicted octanol–water partition coefficient (Wildman–Crippen LogP) is 0.591. The molecular weight excluding hydrogens is 280 g/mol. The maximum atomic E-state index is 10.5. The van der Waals surface area contributed by atoms with Crippen molar-refractivity contribution in [2.75, 3.05) is 52.5 Å². The summed E-state index contributed by atoms with van der Waals surface area (Å²) >= 11 is 0. The van der Waals surface area contributed by atoms with Crippen molar-refractivity contribution in [3.8, 4) is 0 Å². The Hall–Kier alpha value is -1.11. The van der Waals surface area contributed by atoms with Gasteiger partial charge < -0.3 is 20.5 Å². The van der Waals surface area contributed by atoms with Gasteiger partial charge >= 0.3 is 0 Å². The third-order valence-electron chi connectivity index (χ3n) is 3.43. The first kappa shape index (κ1) is 18.9. The van der Waals surface area contributed by atoms with Crippen LogP contribution in [-0.2, 0) is 4.74 Å². The van der Waals surface area contributed by atoms with Crippen molar-refractivity contribution < 1.29 is 9.84 Å². The lowest BCUT2D eigenvalue weighted by Crippen LogP contribution is -2.48. The van der Waals surface area contributed by atoms with Gasteiger partial charge in [-0.05, 0) is 27.2 Å². The van der Waals surface area contributed by atoms with E-state index in [0.717, 1.165) is 51.8 Å². The second-order valence-corrected chi connectivity index (χ2v) is 5.87. The molecule has 0 aliphatic carbocycles. The first-order valence-corrected chi connectivity index (χ1v) is 8.23. The Morgan fingerprint density at radius 2 is 2.09 bits per heavy atom. The van der Waals surface area contributed by atoms with E-state index in [4.69, 9.17) is 4.74 Å². The third kappa shape index (κ3) is 8.36. The number of ether oxygens (including phenoxy) is 1. The molecule has 1 aliphatic heterocycles. The lowest BCUT2D eigenvalue weighted by atomic mass is 10.1. The van der Waals surface area contributed by atoms with Crippen LogP contribution in [-0.4, -0.2) is 74.0 Å². The number of β-amino-alcohol motifs (C(OH)–C–C–N with tert-alkyl or cyclic N) is 1. The first-order chi connectivity index (χ1) is 10.6. The summed E-state index contributed by atoms with van der Waals surface area (Å²) in [5, 5.41) is 17.0. The second kappa shape index (κ2) is 10.6. The Labute approximate surface area is 134 Å². The molecule has 3 N–H and O–H groups in total. The summed E-state index contributed by atoms with van der Waals surface area (Å²) in [6.07, 6.45) is 5.12. The van der Waals surface area contributed by atoms with Crippen molar-refractivity contribution in [1.82, 2.24) is 15.5 Å². The fourth-order valence-corrected chi connectivity index (χ4v) is 2.32. The van der Waals surface area contributed by atoms with Gasteiger partial charge in [0.15, 0.2) is 5.96 Å². The van der Waals surface area contributed by atoms with Gasteiger partial charge in [-0.15, -0.1) is 0 Å². The lowest BCUT2D eigenvalue weighted by molar-refractivity contribution is -0.0179. The van der Waals surface area contributed by atoms with Crippen LogP contribution in [0.15, 0.2) is 17.1 Å². The highest BCUT2D eigenvalue weighted by Gasteiger charge is 2.25. The van der Waals surface area contributed by atoms with E-state index in [1.807, 2.05) is 26.8 Å². The van der Waals surface area contributed by atoms with Crippen LogP contribution in [0, 0.1) is 0 Å². The molecule has 22 heavy (non-hydrogen) atoms. The summed E-state index contributed by atoms with van der Waals surface area (Å²) < 4.78 is 5.33. The Bertz CT molecular complexity index is 350. The molecule has 6 heteroatoms. The van der Waals surface area contributed by atoms with Crippen LogP contribution in [0.2, 0.25) is 0 Å². The largest absolute Gasteiger partial charge is 0.387 e. The number of aliphatic imine (C=N–C) groups is 1. The number of hydrogen-bond donors (Lipinski definition) is 3. The van der Waals surface area contributed by atoms with Gasteiger partial charge in [0.05, 0.1) is 25.4 Å². The molecule has 0 saturated carbocycles. The van der Waals surface area contributed by atoms with E-state index in [2.05, 4.69) is 26.6 Å². The number of allylic oxidation sites excluding steroid dienone is 1. The Morgan fingerprint density at radius 3 is 2.73 bits per heavy atom. The molecule has 128 valence electrons.